The fourth-order valence-corrected chi connectivity index (χ4v) is 2.21. The second-order valence-corrected chi connectivity index (χ2v) is 6.53. The molecular weight excluding hydrogens is 228 g/mol. The van der Waals surface area contributed by atoms with Crippen LogP contribution in [0.3, 0.4) is 0 Å². The maximum atomic E-state index is 12.0. The summed E-state index contributed by atoms with van der Waals surface area (Å²) in [6, 6.07) is 0. The van der Waals surface area contributed by atoms with E-state index in [4.69, 9.17) is 4.74 Å². The van der Waals surface area contributed by atoms with Crippen LogP contribution in [0.2, 0.25) is 0 Å². The van der Waals surface area contributed by atoms with E-state index in [1.54, 1.807) is 0 Å². The highest BCUT2D eigenvalue weighted by Crippen LogP contribution is 2.29. The molecular formula is C14H26N2O2. The molecule has 4 heteroatoms. The fraction of sp³-hybridized carbons (Fsp3) is 0.929. The van der Waals surface area contributed by atoms with Crippen LogP contribution in [-0.4, -0.2) is 60.6 Å². The van der Waals surface area contributed by atoms with Gasteiger partial charge in [-0.05, 0) is 39.5 Å². The molecule has 1 saturated heterocycles. The van der Waals surface area contributed by atoms with E-state index < -0.39 is 0 Å². The smallest absolute Gasteiger partial charge is 0.248 e. The Labute approximate surface area is 110 Å². The van der Waals surface area contributed by atoms with Crippen molar-refractivity contribution < 1.29 is 9.53 Å². The van der Waals surface area contributed by atoms with Gasteiger partial charge in [0.15, 0.2) is 0 Å². The molecule has 18 heavy (non-hydrogen) atoms. The van der Waals surface area contributed by atoms with E-state index in [2.05, 4.69) is 4.90 Å². The maximum absolute atomic E-state index is 12.0. The molecule has 2 aliphatic rings. The van der Waals surface area contributed by atoms with E-state index in [0.29, 0.717) is 0 Å². The lowest BCUT2D eigenvalue weighted by atomic mass is 10.2. The SMILES string of the molecule is CC(C)(C)OCC(=O)N1CCN(CC2CC2)CC1. The summed E-state index contributed by atoms with van der Waals surface area (Å²) in [4.78, 5) is 16.4. The zero-order valence-corrected chi connectivity index (χ0v) is 11.9. The molecule has 0 radical (unpaired) electrons. The molecule has 0 spiro atoms. The van der Waals surface area contributed by atoms with Gasteiger partial charge in [0.25, 0.3) is 0 Å². The summed E-state index contributed by atoms with van der Waals surface area (Å²) in [5.41, 5.74) is -0.233. The summed E-state index contributed by atoms with van der Waals surface area (Å²) < 4.78 is 5.54. The third kappa shape index (κ3) is 4.58. The average Bonchev–Trinajstić information content (AvgIpc) is 3.10. The number of ether oxygens (including phenoxy) is 1. The highest BCUT2D eigenvalue weighted by molar-refractivity contribution is 5.77. The minimum absolute atomic E-state index is 0.135. The molecule has 0 atom stereocenters. The van der Waals surface area contributed by atoms with E-state index in [0.717, 1.165) is 32.1 Å². The summed E-state index contributed by atoms with van der Waals surface area (Å²) in [6.07, 6.45) is 2.80. The second-order valence-electron chi connectivity index (χ2n) is 6.53. The summed E-state index contributed by atoms with van der Waals surface area (Å²) >= 11 is 0. The molecule has 1 aliphatic heterocycles. The van der Waals surface area contributed by atoms with Crippen molar-refractivity contribution in [2.75, 3.05) is 39.3 Å². The summed E-state index contributed by atoms with van der Waals surface area (Å²) in [5.74, 6) is 1.08. The largest absolute Gasteiger partial charge is 0.366 e. The van der Waals surface area contributed by atoms with Crippen LogP contribution in [-0.2, 0) is 9.53 Å². The van der Waals surface area contributed by atoms with Crippen LogP contribution in [0, 0.1) is 5.92 Å². The number of carbonyl (C=O) groups is 1. The number of rotatable bonds is 4. The van der Waals surface area contributed by atoms with Crippen molar-refractivity contribution in [3.05, 3.63) is 0 Å². The first kappa shape index (κ1) is 13.8. The van der Waals surface area contributed by atoms with Gasteiger partial charge in [-0.3, -0.25) is 9.69 Å². The van der Waals surface area contributed by atoms with Crippen molar-refractivity contribution in [3.8, 4) is 0 Å². The highest BCUT2D eigenvalue weighted by Gasteiger charge is 2.27. The molecule has 0 unspecified atom stereocenters. The Hall–Kier alpha value is -0.610. The van der Waals surface area contributed by atoms with Crippen LogP contribution in [0.1, 0.15) is 33.6 Å². The van der Waals surface area contributed by atoms with Gasteiger partial charge in [-0.25, -0.2) is 0 Å². The van der Waals surface area contributed by atoms with Crippen molar-refractivity contribution in [1.29, 1.82) is 0 Å². The van der Waals surface area contributed by atoms with Crippen LogP contribution in [0.25, 0.3) is 0 Å². The Kier molecular flexibility index (Phi) is 4.28. The van der Waals surface area contributed by atoms with Crippen LogP contribution in [0.15, 0.2) is 0 Å². The van der Waals surface area contributed by atoms with Crippen LogP contribution in [0.5, 0.6) is 0 Å². The Morgan fingerprint density at radius 1 is 1.17 bits per heavy atom. The topological polar surface area (TPSA) is 32.8 Å². The molecule has 2 rings (SSSR count). The lowest BCUT2D eigenvalue weighted by Crippen LogP contribution is -2.50. The van der Waals surface area contributed by atoms with Gasteiger partial charge < -0.3 is 9.64 Å². The second kappa shape index (κ2) is 5.57. The number of piperazine rings is 1. The van der Waals surface area contributed by atoms with Gasteiger partial charge in [0, 0.05) is 32.7 Å². The normalized spacial score (nSPS) is 22.3. The zero-order chi connectivity index (χ0) is 13.2. The predicted octanol–water partition coefficient (Wildman–Crippen LogP) is 1.36. The first-order chi connectivity index (χ1) is 8.44. The molecule has 0 aromatic rings. The first-order valence-corrected chi connectivity index (χ1v) is 7.08. The van der Waals surface area contributed by atoms with Crippen molar-refractivity contribution in [1.82, 2.24) is 9.80 Å². The van der Waals surface area contributed by atoms with Crippen LogP contribution < -0.4 is 0 Å². The van der Waals surface area contributed by atoms with E-state index >= 15 is 0 Å². The molecule has 1 saturated carbocycles. The fourth-order valence-electron chi connectivity index (χ4n) is 2.21. The van der Waals surface area contributed by atoms with Gasteiger partial charge >= 0.3 is 0 Å². The van der Waals surface area contributed by atoms with E-state index in [1.165, 1.54) is 19.4 Å². The Morgan fingerprint density at radius 3 is 2.28 bits per heavy atom. The maximum Gasteiger partial charge on any atom is 0.248 e. The van der Waals surface area contributed by atoms with Gasteiger partial charge in [0.2, 0.25) is 5.91 Å². The van der Waals surface area contributed by atoms with Crippen molar-refractivity contribution in [3.63, 3.8) is 0 Å². The van der Waals surface area contributed by atoms with Crippen molar-refractivity contribution in [2.24, 2.45) is 5.92 Å². The average molecular weight is 254 g/mol. The molecule has 0 N–H and O–H groups in total. The van der Waals surface area contributed by atoms with Gasteiger partial charge in [-0.15, -0.1) is 0 Å². The molecule has 0 aromatic carbocycles. The number of carbonyl (C=O) groups excluding carboxylic acids is 1. The molecule has 4 nitrogen and oxygen atoms in total. The number of hydrogen-bond donors (Lipinski definition) is 0. The molecule has 104 valence electrons. The van der Waals surface area contributed by atoms with E-state index in [9.17, 15) is 4.79 Å². The molecule has 0 aromatic heterocycles. The molecule has 0 bridgehead atoms. The van der Waals surface area contributed by atoms with Crippen molar-refractivity contribution >= 4 is 5.91 Å². The summed E-state index contributed by atoms with van der Waals surface area (Å²) in [5, 5.41) is 0. The highest BCUT2D eigenvalue weighted by atomic mass is 16.5. The Balaban J connectivity index is 1.66. The first-order valence-electron chi connectivity index (χ1n) is 7.08. The molecule has 1 heterocycles. The molecule has 2 fully saturated rings. The third-order valence-corrected chi connectivity index (χ3v) is 3.57. The van der Waals surface area contributed by atoms with Crippen LogP contribution in [0.4, 0.5) is 0 Å². The number of hydrogen-bond acceptors (Lipinski definition) is 3. The van der Waals surface area contributed by atoms with Gasteiger partial charge in [0.05, 0.1) is 5.60 Å². The molecule has 1 aliphatic carbocycles. The number of amides is 1. The predicted molar refractivity (Wildman–Crippen MR) is 71.4 cm³/mol. The van der Waals surface area contributed by atoms with Crippen LogP contribution >= 0.6 is 0 Å². The van der Waals surface area contributed by atoms with E-state index in [1.807, 2.05) is 25.7 Å². The standard InChI is InChI=1S/C14H26N2O2/c1-14(2,3)18-11-13(17)16-8-6-15(7-9-16)10-12-4-5-12/h12H,4-11H2,1-3H3. The minimum Gasteiger partial charge on any atom is -0.366 e. The third-order valence-electron chi connectivity index (χ3n) is 3.57. The lowest BCUT2D eigenvalue weighted by Gasteiger charge is -2.35. The number of nitrogens with zero attached hydrogens (tertiary/aromatic N) is 2. The summed E-state index contributed by atoms with van der Waals surface area (Å²) in [6.45, 7) is 11.2. The quantitative estimate of drug-likeness (QED) is 0.759. The van der Waals surface area contributed by atoms with E-state index in [-0.39, 0.29) is 18.1 Å². The monoisotopic (exact) mass is 254 g/mol. The van der Waals surface area contributed by atoms with Crippen molar-refractivity contribution in [2.45, 2.75) is 39.2 Å². The minimum atomic E-state index is -0.233. The van der Waals surface area contributed by atoms with Gasteiger partial charge in [-0.2, -0.15) is 0 Å². The van der Waals surface area contributed by atoms with Gasteiger partial charge in [0.1, 0.15) is 6.61 Å². The summed E-state index contributed by atoms with van der Waals surface area (Å²) in [7, 11) is 0. The Morgan fingerprint density at radius 2 is 1.78 bits per heavy atom. The molecule has 1 amide bonds. The zero-order valence-electron chi connectivity index (χ0n) is 11.9. The Bertz CT molecular complexity index is 287. The van der Waals surface area contributed by atoms with Gasteiger partial charge in [-0.1, -0.05) is 0 Å². The lowest BCUT2D eigenvalue weighted by molar-refractivity contribution is -0.142.